The molecule has 0 amide bonds. The molecule has 0 aliphatic carbocycles. The van der Waals surface area contributed by atoms with Crippen LogP contribution in [0.5, 0.6) is 0 Å². The maximum Gasteiger partial charge on any atom is 0.161 e. The minimum absolute atomic E-state index is 0.0765. The lowest BCUT2D eigenvalue weighted by Gasteiger charge is -2.23. The first kappa shape index (κ1) is 13.6. The number of aliphatic imine (C=N–C) groups is 2. The van der Waals surface area contributed by atoms with Gasteiger partial charge in [-0.1, -0.05) is 72.4 Å². The van der Waals surface area contributed by atoms with Gasteiger partial charge in [0, 0.05) is 18.5 Å². The van der Waals surface area contributed by atoms with Gasteiger partial charge >= 0.3 is 0 Å². The first-order valence-electron chi connectivity index (χ1n) is 7.52. The van der Waals surface area contributed by atoms with Crippen LogP contribution in [-0.4, -0.2) is 34.7 Å². The molecule has 2 aliphatic heterocycles. The summed E-state index contributed by atoms with van der Waals surface area (Å²) < 4.78 is 0. The summed E-state index contributed by atoms with van der Waals surface area (Å²) in [4.78, 5) is 12.1. The highest BCUT2D eigenvalue weighted by Gasteiger charge is 2.39. The van der Waals surface area contributed by atoms with Crippen molar-refractivity contribution in [1.29, 1.82) is 0 Å². The number of amidine groups is 1. The Hall–Kier alpha value is -2.07. The van der Waals surface area contributed by atoms with Gasteiger partial charge in [-0.15, -0.1) is 0 Å². The van der Waals surface area contributed by atoms with Crippen LogP contribution in [0.25, 0.3) is 0 Å². The second kappa shape index (κ2) is 5.97. The van der Waals surface area contributed by atoms with Crippen molar-refractivity contribution in [2.75, 3.05) is 12.3 Å². The van der Waals surface area contributed by atoms with Crippen molar-refractivity contribution in [3.63, 3.8) is 0 Å². The van der Waals surface area contributed by atoms with E-state index >= 15 is 0 Å². The molecule has 0 spiro atoms. The Kier molecular flexibility index (Phi) is 3.69. The molecule has 110 valence electrons. The van der Waals surface area contributed by atoms with E-state index in [4.69, 9.17) is 9.98 Å². The lowest BCUT2D eigenvalue weighted by molar-refractivity contribution is 0.339. The number of hydrogen-bond acceptors (Lipinski definition) is 4. The van der Waals surface area contributed by atoms with E-state index in [1.165, 1.54) is 5.56 Å². The predicted octanol–water partition coefficient (Wildman–Crippen LogP) is 3.59. The molecule has 2 aromatic carbocycles. The molecule has 0 bridgehead atoms. The summed E-state index contributed by atoms with van der Waals surface area (Å²) in [7, 11) is 0. The Morgan fingerprint density at radius 1 is 1.05 bits per heavy atom. The lowest BCUT2D eigenvalue weighted by atomic mass is 10.1. The minimum atomic E-state index is 0.0765. The first-order valence-corrected chi connectivity index (χ1v) is 8.51. The van der Waals surface area contributed by atoms with Gasteiger partial charge in [0.1, 0.15) is 12.2 Å². The van der Waals surface area contributed by atoms with E-state index in [1.807, 2.05) is 42.2 Å². The van der Waals surface area contributed by atoms with Crippen LogP contribution in [0.4, 0.5) is 0 Å². The summed E-state index contributed by atoms with van der Waals surface area (Å²) in [6, 6.07) is 20.8. The topological polar surface area (TPSA) is 28.0 Å². The quantitative estimate of drug-likeness (QED) is 0.811. The second-order valence-corrected chi connectivity index (χ2v) is 6.47. The van der Waals surface area contributed by atoms with Gasteiger partial charge in [-0.25, -0.2) is 4.99 Å². The molecular formula is C18H17N3S. The second-order valence-electron chi connectivity index (χ2n) is 5.41. The van der Waals surface area contributed by atoms with Crippen LogP contribution in [0.15, 0.2) is 70.6 Å². The Bertz CT molecular complexity index is 697. The number of thioether (sulfide) groups is 1. The largest absolute Gasteiger partial charge is 0.326 e. The maximum absolute atomic E-state index is 4.91. The molecule has 2 heterocycles. The van der Waals surface area contributed by atoms with Crippen LogP contribution in [0.3, 0.4) is 0 Å². The van der Waals surface area contributed by atoms with E-state index in [-0.39, 0.29) is 12.2 Å². The molecule has 2 aromatic rings. The van der Waals surface area contributed by atoms with Crippen LogP contribution in [0, 0.1) is 0 Å². The molecule has 0 radical (unpaired) electrons. The molecule has 0 N–H and O–H groups in total. The van der Waals surface area contributed by atoms with Crippen molar-refractivity contribution in [2.45, 2.75) is 12.2 Å². The third-order valence-corrected chi connectivity index (χ3v) is 4.96. The van der Waals surface area contributed by atoms with E-state index in [2.05, 4.69) is 41.3 Å². The fraction of sp³-hybridized carbons (Fsp3) is 0.222. The summed E-state index contributed by atoms with van der Waals surface area (Å²) in [6.45, 7) is 1.03. The third-order valence-electron chi connectivity index (χ3n) is 3.98. The van der Waals surface area contributed by atoms with Crippen LogP contribution in [-0.2, 0) is 0 Å². The highest BCUT2D eigenvalue weighted by molar-refractivity contribution is 8.14. The number of nitrogens with zero attached hydrogens (tertiary/aromatic N) is 3. The van der Waals surface area contributed by atoms with E-state index in [0.29, 0.717) is 0 Å². The standard InChI is InChI=1S/C18H17N3S/c1-3-7-14(8-4-1)13-19-17-16(15-9-5-2-6-10-15)20-18-21(17)11-12-22-18/h1-10,13,16-17H,11-12H2/b19-13+. The summed E-state index contributed by atoms with van der Waals surface area (Å²) in [6.07, 6.45) is 2.05. The zero-order valence-corrected chi connectivity index (χ0v) is 13.0. The number of benzene rings is 2. The van der Waals surface area contributed by atoms with E-state index in [0.717, 1.165) is 23.0 Å². The molecule has 2 atom stereocenters. The lowest BCUT2D eigenvalue weighted by Crippen LogP contribution is -2.32. The summed E-state index contributed by atoms with van der Waals surface area (Å²) in [5.74, 6) is 1.11. The monoisotopic (exact) mass is 307 g/mol. The highest BCUT2D eigenvalue weighted by Crippen LogP contribution is 2.38. The number of fused-ring (bicyclic) bond motifs is 1. The van der Waals surface area contributed by atoms with Gasteiger partial charge in [-0.2, -0.15) is 0 Å². The fourth-order valence-corrected chi connectivity index (χ4v) is 3.91. The average molecular weight is 307 g/mol. The van der Waals surface area contributed by atoms with Crippen LogP contribution in [0.1, 0.15) is 17.2 Å². The molecule has 22 heavy (non-hydrogen) atoms. The number of rotatable bonds is 3. The smallest absolute Gasteiger partial charge is 0.161 e. The van der Waals surface area contributed by atoms with Crippen LogP contribution < -0.4 is 0 Å². The Balaban J connectivity index is 1.65. The average Bonchev–Trinajstić information content (AvgIpc) is 3.16. The van der Waals surface area contributed by atoms with Crippen molar-refractivity contribution >= 4 is 23.1 Å². The molecule has 3 nitrogen and oxygen atoms in total. The zero-order valence-electron chi connectivity index (χ0n) is 12.2. The van der Waals surface area contributed by atoms with E-state index in [9.17, 15) is 0 Å². The molecule has 4 rings (SSSR count). The Morgan fingerprint density at radius 3 is 2.55 bits per heavy atom. The van der Waals surface area contributed by atoms with Gasteiger partial charge in [-0.05, 0) is 11.1 Å². The van der Waals surface area contributed by atoms with Gasteiger partial charge in [0.2, 0.25) is 0 Å². The Labute approximate surface area is 134 Å². The van der Waals surface area contributed by atoms with Crippen molar-refractivity contribution in [2.24, 2.45) is 9.98 Å². The van der Waals surface area contributed by atoms with Gasteiger partial charge in [-0.3, -0.25) is 4.99 Å². The minimum Gasteiger partial charge on any atom is -0.326 e. The predicted molar refractivity (Wildman–Crippen MR) is 93.6 cm³/mol. The van der Waals surface area contributed by atoms with Crippen molar-refractivity contribution < 1.29 is 0 Å². The Morgan fingerprint density at radius 2 is 1.77 bits per heavy atom. The van der Waals surface area contributed by atoms with Crippen LogP contribution in [0.2, 0.25) is 0 Å². The molecule has 2 aliphatic rings. The SMILES string of the molecule is C(=N\C1C(c2ccccc2)N=C2SCCN21)/c1ccccc1. The molecule has 4 heteroatoms. The van der Waals surface area contributed by atoms with Crippen molar-refractivity contribution in [3.05, 3.63) is 71.8 Å². The van der Waals surface area contributed by atoms with Gasteiger partial charge in [0.15, 0.2) is 5.17 Å². The molecule has 2 unspecified atom stereocenters. The normalized spacial score (nSPS) is 23.8. The van der Waals surface area contributed by atoms with Gasteiger partial charge in [0.05, 0.1) is 0 Å². The summed E-state index contributed by atoms with van der Waals surface area (Å²) in [5, 5.41) is 1.14. The van der Waals surface area contributed by atoms with E-state index < -0.39 is 0 Å². The van der Waals surface area contributed by atoms with Gasteiger partial charge in [0.25, 0.3) is 0 Å². The number of hydrogen-bond donors (Lipinski definition) is 0. The van der Waals surface area contributed by atoms with Crippen LogP contribution >= 0.6 is 11.8 Å². The summed E-state index contributed by atoms with van der Waals surface area (Å²) in [5.41, 5.74) is 2.37. The van der Waals surface area contributed by atoms with Crippen molar-refractivity contribution in [3.8, 4) is 0 Å². The molecule has 0 aromatic heterocycles. The van der Waals surface area contributed by atoms with Crippen molar-refractivity contribution in [1.82, 2.24) is 4.90 Å². The van der Waals surface area contributed by atoms with Gasteiger partial charge < -0.3 is 4.90 Å². The first-order chi connectivity index (χ1) is 10.9. The highest BCUT2D eigenvalue weighted by atomic mass is 32.2. The molecule has 1 fully saturated rings. The summed E-state index contributed by atoms with van der Waals surface area (Å²) >= 11 is 1.84. The van der Waals surface area contributed by atoms with E-state index in [1.54, 1.807) is 0 Å². The maximum atomic E-state index is 4.91. The molecule has 1 saturated heterocycles. The molecular weight excluding hydrogens is 290 g/mol. The zero-order chi connectivity index (χ0) is 14.8. The fourth-order valence-electron chi connectivity index (χ4n) is 2.89. The third kappa shape index (κ3) is 2.55. The molecule has 0 saturated carbocycles.